The predicted molar refractivity (Wildman–Crippen MR) is 133 cm³/mol. The zero-order valence-corrected chi connectivity index (χ0v) is 24.3. The number of halogens is 8. The first kappa shape index (κ1) is 30.8. The summed E-state index contributed by atoms with van der Waals surface area (Å²) < 4.78 is 105. The molecule has 2 rings (SSSR count). The maximum absolute atomic E-state index is 13.7. The van der Waals surface area contributed by atoms with Crippen LogP contribution in [0.4, 0.5) is 22.0 Å². The highest BCUT2D eigenvalue weighted by Crippen LogP contribution is 2.40. The lowest BCUT2D eigenvalue weighted by atomic mass is 9.78. The smallest absolute Gasteiger partial charge is 0.432 e. The van der Waals surface area contributed by atoms with Crippen molar-refractivity contribution in [2.24, 2.45) is 11.8 Å². The van der Waals surface area contributed by atoms with Gasteiger partial charge in [0.2, 0.25) is 5.91 Å². The Balaban J connectivity index is 2.27. The van der Waals surface area contributed by atoms with Crippen molar-refractivity contribution in [3.8, 4) is 0 Å². The normalized spacial score (nSPS) is 20.1. The number of ether oxygens (including phenoxy) is 1. The van der Waals surface area contributed by atoms with Crippen LogP contribution in [0.25, 0.3) is 0 Å². The van der Waals surface area contributed by atoms with Crippen LogP contribution in [0.5, 0.6) is 0 Å². The summed E-state index contributed by atoms with van der Waals surface area (Å²) in [6.45, 7) is 0. The highest BCUT2D eigenvalue weighted by Gasteiger charge is 2.63. The highest BCUT2D eigenvalue weighted by molar-refractivity contribution is 14.1. The van der Waals surface area contributed by atoms with Crippen molar-refractivity contribution in [1.29, 1.82) is 0 Å². The standard InChI is InChI=1S/C18H15F5I3NO7S/c19-17(20,21)16(18(22,23)35(31,32)33)34-15(30)9-4-2-1-3-8(9)13(28)27-14(29)10-5-7(24)6-11(25)12(10)26/h5-6,8-9,16H,1-4H2,(H,27,28,29)(H,31,32,33)/p-1. The summed E-state index contributed by atoms with van der Waals surface area (Å²) in [5.74, 6) is -6.90. The van der Waals surface area contributed by atoms with E-state index in [0.29, 0.717) is 17.1 Å². The van der Waals surface area contributed by atoms with Gasteiger partial charge >= 0.3 is 17.4 Å². The number of rotatable bonds is 6. The second-order valence-corrected chi connectivity index (χ2v) is 12.4. The molecule has 1 N–H and O–H groups in total. The van der Waals surface area contributed by atoms with Crippen molar-refractivity contribution in [3.05, 3.63) is 28.4 Å². The lowest BCUT2D eigenvalue weighted by Crippen LogP contribution is -2.53. The first-order valence-electron chi connectivity index (χ1n) is 9.48. The lowest BCUT2D eigenvalue weighted by molar-refractivity contribution is -0.261. The Hall–Kier alpha value is -0.420. The fourth-order valence-corrected chi connectivity index (χ4v) is 6.23. The van der Waals surface area contributed by atoms with E-state index in [9.17, 15) is 49.3 Å². The van der Waals surface area contributed by atoms with E-state index in [-0.39, 0.29) is 24.8 Å². The van der Waals surface area contributed by atoms with Gasteiger partial charge in [-0.1, -0.05) is 12.8 Å². The summed E-state index contributed by atoms with van der Waals surface area (Å²) in [5, 5.41) is -3.93. The molecule has 0 aliphatic heterocycles. The van der Waals surface area contributed by atoms with Crippen LogP contribution in [0, 0.1) is 22.5 Å². The summed E-state index contributed by atoms with van der Waals surface area (Å²) in [4.78, 5) is 37.8. The van der Waals surface area contributed by atoms with Gasteiger partial charge in [0.1, 0.15) is 0 Å². The molecule has 1 aliphatic carbocycles. The van der Waals surface area contributed by atoms with Crippen molar-refractivity contribution < 1.29 is 54.0 Å². The predicted octanol–water partition coefficient (Wildman–Crippen LogP) is 4.18. The Bertz CT molecular complexity index is 1130. The van der Waals surface area contributed by atoms with E-state index in [4.69, 9.17) is 0 Å². The number of imide groups is 1. The monoisotopic (exact) mass is 864 g/mol. The molecular weight excluding hydrogens is 850 g/mol. The van der Waals surface area contributed by atoms with Crippen molar-refractivity contribution in [1.82, 2.24) is 5.32 Å². The Morgan fingerprint density at radius 2 is 1.57 bits per heavy atom. The molecule has 0 heterocycles. The third-order valence-corrected chi connectivity index (χ3v) is 9.60. The molecule has 0 bridgehead atoms. The second-order valence-electron chi connectivity index (χ2n) is 7.44. The molecule has 3 atom stereocenters. The van der Waals surface area contributed by atoms with Crippen molar-refractivity contribution in [3.63, 3.8) is 0 Å². The molecule has 1 saturated carbocycles. The maximum atomic E-state index is 13.7. The van der Waals surface area contributed by atoms with E-state index in [1.807, 2.05) is 67.8 Å². The van der Waals surface area contributed by atoms with Gasteiger partial charge < -0.3 is 9.29 Å². The Labute approximate surface area is 236 Å². The largest absolute Gasteiger partial charge is 0.743 e. The van der Waals surface area contributed by atoms with Gasteiger partial charge in [0.15, 0.2) is 10.1 Å². The van der Waals surface area contributed by atoms with Crippen LogP contribution < -0.4 is 5.32 Å². The summed E-state index contributed by atoms with van der Waals surface area (Å²) >= 11 is 5.79. The lowest BCUT2D eigenvalue weighted by Gasteiger charge is -2.33. The summed E-state index contributed by atoms with van der Waals surface area (Å²) in [5.41, 5.74) is 0.127. The van der Waals surface area contributed by atoms with Crippen molar-refractivity contribution in [2.45, 2.75) is 43.2 Å². The number of alkyl halides is 5. The van der Waals surface area contributed by atoms with E-state index in [1.165, 1.54) is 6.07 Å². The van der Waals surface area contributed by atoms with Gasteiger partial charge in [0, 0.05) is 10.7 Å². The summed E-state index contributed by atoms with van der Waals surface area (Å²) in [6, 6.07) is 3.25. The molecule has 0 aromatic heterocycles. The molecule has 196 valence electrons. The molecule has 0 radical (unpaired) electrons. The van der Waals surface area contributed by atoms with E-state index in [0.717, 1.165) is 0 Å². The Morgan fingerprint density at radius 3 is 2.09 bits per heavy atom. The van der Waals surface area contributed by atoms with Gasteiger partial charge in [0.25, 0.3) is 12.0 Å². The third-order valence-electron chi connectivity index (χ3n) is 5.05. The van der Waals surface area contributed by atoms with Crippen molar-refractivity contribution >= 4 is 95.7 Å². The van der Waals surface area contributed by atoms with Crippen LogP contribution in [0.3, 0.4) is 0 Å². The summed E-state index contributed by atoms with van der Waals surface area (Å²) in [6.07, 6.45) is -10.4. The number of hydrogen-bond donors (Lipinski definition) is 1. The number of carbonyl (C=O) groups excluding carboxylic acids is 3. The molecule has 1 aliphatic rings. The minimum atomic E-state index is -6.86. The van der Waals surface area contributed by atoms with Crippen LogP contribution in [0.1, 0.15) is 36.0 Å². The number of hydrogen-bond acceptors (Lipinski definition) is 7. The topological polar surface area (TPSA) is 130 Å². The molecular formula is C18H14F5I3NO7S-. The average molecular weight is 864 g/mol. The van der Waals surface area contributed by atoms with Gasteiger partial charge in [-0.3, -0.25) is 19.7 Å². The quantitative estimate of drug-likeness (QED) is 0.114. The van der Waals surface area contributed by atoms with Crippen molar-refractivity contribution in [2.75, 3.05) is 0 Å². The van der Waals surface area contributed by atoms with Gasteiger partial charge in [-0.15, -0.1) is 0 Å². The third kappa shape index (κ3) is 7.33. The van der Waals surface area contributed by atoms with Crippen LogP contribution in [-0.4, -0.2) is 48.3 Å². The van der Waals surface area contributed by atoms with Crippen LogP contribution in [0.15, 0.2) is 12.1 Å². The number of carbonyl (C=O) groups is 3. The highest BCUT2D eigenvalue weighted by atomic mass is 127. The van der Waals surface area contributed by atoms with Gasteiger partial charge in [-0.2, -0.15) is 22.0 Å². The van der Waals surface area contributed by atoms with Gasteiger partial charge in [-0.25, -0.2) is 8.42 Å². The van der Waals surface area contributed by atoms with Gasteiger partial charge in [0.05, 0.1) is 17.4 Å². The molecule has 17 heteroatoms. The molecule has 3 unspecified atom stereocenters. The zero-order valence-electron chi connectivity index (χ0n) is 17.0. The molecule has 1 fully saturated rings. The first-order chi connectivity index (χ1) is 15.9. The van der Waals surface area contributed by atoms with E-state index < -0.39 is 57.3 Å². The van der Waals surface area contributed by atoms with Gasteiger partial charge in [-0.05, 0) is 92.7 Å². The average Bonchev–Trinajstić information content (AvgIpc) is 2.72. The first-order valence-corrected chi connectivity index (χ1v) is 14.1. The molecule has 0 saturated heterocycles. The minimum absolute atomic E-state index is 0.0766. The molecule has 0 spiro atoms. The summed E-state index contributed by atoms with van der Waals surface area (Å²) in [7, 11) is -6.86. The zero-order chi connectivity index (χ0) is 26.9. The fraction of sp³-hybridized carbons (Fsp3) is 0.500. The number of nitrogens with one attached hydrogen (secondary N) is 1. The fourth-order valence-electron chi connectivity index (χ4n) is 3.38. The molecule has 35 heavy (non-hydrogen) atoms. The number of amides is 2. The van der Waals surface area contributed by atoms with Crippen LogP contribution in [-0.2, 0) is 24.4 Å². The molecule has 8 nitrogen and oxygen atoms in total. The Kier molecular flexibility index (Phi) is 10.2. The Morgan fingerprint density at radius 1 is 1.03 bits per heavy atom. The van der Waals surface area contributed by atoms with E-state index >= 15 is 0 Å². The number of benzene rings is 1. The SMILES string of the molecule is O=C(NC(=O)C1CCCCC1C(=O)OC(C(F)(F)F)C(F)(F)S(=O)(=O)[O-])c1cc(I)cc(I)c1I. The maximum Gasteiger partial charge on any atom is 0.432 e. The van der Waals surface area contributed by atoms with Crippen LogP contribution >= 0.6 is 67.8 Å². The van der Waals surface area contributed by atoms with E-state index in [1.54, 1.807) is 6.07 Å². The van der Waals surface area contributed by atoms with Crippen LogP contribution in [0.2, 0.25) is 0 Å². The second kappa shape index (κ2) is 11.5. The minimum Gasteiger partial charge on any atom is -0.743 e. The molecule has 1 aromatic rings. The molecule has 1 aromatic carbocycles. The number of esters is 1. The molecule has 2 amide bonds. The van der Waals surface area contributed by atoms with E-state index in [2.05, 4.69) is 10.1 Å².